The van der Waals surface area contributed by atoms with Crippen molar-refractivity contribution in [2.45, 2.75) is 13.8 Å². The molecule has 0 spiro atoms. The van der Waals surface area contributed by atoms with Crippen LogP contribution in [0.4, 0.5) is 0 Å². The summed E-state index contributed by atoms with van der Waals surface area (Å²) in [5.74, 6) is -1.96. The number of rotatable bonds is 5. The molecule has 0 heterocycles. The standard InChI is InChI=1S/C8H16N4O3/c1-3-12(4-6(9)13)8(14)5(2)7(10)11-15/h5,15H,3-4H2,1-2H3,(H2,9,13)(H2,10,11). The lowest BCUT2D eigenvalue weighted by atomic mass is 10.1. The van der Waals surface area contributed by atoms with Gasteiger partial charge in [-0.15, -0.1) is 0 Å². The molecule has 0 radical (unpaired) electrons. The molecule has 86 valence electrons. The van der Waals surface area contributed by atoms with Gasteiger partial charge in [-0.1, -0.05) is 5.16 Å². The summed E-state index contributed by atoms with van der Waals surface area (Å²) < 4.78 is 0. The van der Waals surface area contributed by atoms with E-state index in [0.29, 0.717) is 6.54 Å². The molecule has 0 fully saturated rings. The molecular weight excluding hydrogens is 200 g/mol. The van der Waals surface area contributed by atoms with Gasteiger partial charge in [-0.05, 0) is 13.8 Å². The Kier molecular flexibility index (Phi) is 5.14. The zero-order chi connectivity index (χ0) is 12.0. The SMILES string of the molecule is CCN(CC(N)=O)C(=O)C(C)C(N)=NO. The molecule has 0 aliphatic carbocycles. The van der Waals surface area contributed by atoms with Crippen LogP contribution in [0, 0.1) is 5.92 Å². The van der Waals surface area contributed by atoms with Gasteiger partial charge < -0.3 is 21.6 Å². The van der Waals surface area contributed by atoms with Crippen LogP contribution in [0.1, 0.15) is 13.8 Å². The molecule has 15 heavy (non-hydrogen) atoms. The molecule has 0 aliphatic heterocycles. The number of hydrogen-bond acceptors (Lipinski definition) is 4. The van der Waals surface area contributed by atoms with E-state index < -0.39 is 17.7 Å². The maximum Gasteiger partial charge on any atom is 0.237 e. The third-order valence-electron chi connectivity index (χ3n) is 1.97. The Labute approximate surface area is 87.7 Å². The maximum absolute atomic E-state index is 11.7. The van der Waals surface area contributed by atoms with Crippen LogP contribution in [0.15, 0.2) is 5.16 Å². The van der Waals surface area contributed by atoms with Crippen LogP contribution in [0.25, 0.3) is 0 Å². The quantitative estimate of drug-likeness (QED) is 0.229. The Balaban J connectivity index is 4.58. The first-order chi connectivity index (χ1) is 6.93. The number of amidine groups is 1. The third kappa shape index (κ3) is 3.84. The number of carbonyl (C=O) groups excluding carboxylic acids is 2. The smallest absolute Gasteiger partial charge is 0.237 e. The van der Waals surface area contributed by atoms with E-state index in [-0.39, 0.29) is 12.4 Å². The number of primary amides is 1. The van der Waals surface area contributed by atoms with Crippen LogP contribution >= 0.6 is 0 Å². The van der Waals surface area contributed by atoms with Gasteiger partial charge in [0.1, 0.15) is 0 Å². The lowest BCUT2D eigenvalue weighted by Gasteiger charge is -2.22. The van der Waals surface area contributed by atoms with Crippen LogP contribution < -0.4 is 11.5 Å². The topological polar surface area (TPSA) is 122 Å². The monoisotopic (exact) mass is 216 g/mol. The highest BCUT2D eigenvalue weighted by Gasteiger charge is 2.23. The summed E-state index contributed by atoms with van der Waals surface area (Å²) in [6.45, 7) is 3.37. The van der Waals surface area contributed by atoms with Crippen molar-refractivity contribution in [1.29, 1.82) is 0 Å². The third-order valence-corrected chi connectivity index (χ3v) is 1.97. The molecule has 5 N–H and O–H groups in total. The highest BCUT2D eigenvalue weighted by atomic mass is 16.4. The molecule has 2 amide bonds. The van der Waals surface area contributed by atoms with Crippen molar-refractivity contribution in [3.63, 3.8) is 0 Å². The first-order valence-corrected chi connectivity index (χ1v) is 4.48. The van der Waals surface area contributed by atoms with Crippen molar-refractivity contribution < 1.29 is 14.8 Å². The Morgan fingerprint density at radius 1 is 1.47 bits per heavy atom. The minimum absolute atomic E-state index is 0.168. The molecule has 1 atom stereocenters. The molecule has 7 nitrogen and oxygen atoms in total. The summed E-state index contributed by atoms with van der Waals surface area (Å²) in [7, 11) is 0. The minimum atomic E-state index is -0.769. The predicted molar refractivity (Wildman–Crippen MR) is 54.0 cm³/mol. The average molecular weight is 216 g/mol. The molecule has 0 aliphatic rings. The van der Waals surface area contributed by atoms with Gasteiger partial charge in [0, 0.05) is 6.54 Å². The fourth-order valence-corrected chi connectivity index (χ4v) is 1.02. The van der Waals surface area contributed by atoms with Crippen LogP contribution in [0.2, 0.25) is 0 Å². The molecule has 0 bridgehead atoms. The second-order valence-electron chi connectivity index (χ2n) is 3.07. The largest absolute Gasteiger partial charge is 0.409 e. The van der Waals surface area contributed by atoms with Crippen molar-refractivity contribution in [3.8, 4) is 0 Å². The first-order valence-electron chi connectivity index (χ1n) is 4.48. The normalized spacial score (nSPS) is 13.3. The van der Waals surface area contributed by atoms with Gasteiger partial charge in [-0.2, -0.15) is 0 Å². The van der Waals surface area contributed by atoms with E-state index in [0.717, 1.165) is 0 Å². The summed E-state index contributed by atoms with van der Waals surface area (Å²) in [4.78, 5) is 23.5. The van der Waals surface area contributed by atoms with E-state index in [9.17, 15) is 9.59 Å². The summed E-state index contributed by atoms with van der Waals surface area (Å²) in [6, 6.07) is 0. The molecule has 0 saturated heterocycles. The second-order valence-corrected chi connectivity index (χ2v) is 3.07. The summed E-state index contributed by atoms with van der Waals surface area (Å²) >= 11 is 0. The van der Waals surface area contributed by atoms with Crippen LogP contribution in [-0.2, 0) is 9.59 Å². The number of likely N-dealkylation sites (N-methyl/N-ethyl adjacent to an activating group) is 1. The van der Waals surface area contributed by atoms with Gasteiger partial charge in [0.15, 0.2) is 5.84 Å². The summed E-state index contributed by atoms with van der Waals surface area (Å²) in [6.07, 6.45) is 0. The molecule has 0 aromatic carbocycles. The zero-order valence-corrected chi connectivity index (χ0v) is 8.80. The van der Waals surface area contributed by atoms with Crippen molar-refractivity contribution in [2.24, 2.45) is 22.5 Å². The summed E-state index contributed by atoms with van der Waals surface area (Å²) in [5, 5.41) is 11.1. The molecular formula is C8H16N4O3. The van der Waals surface area contributed by atoms with Crippen molar-refractivity contribution in [1.82, 2.24) is 4.90 Å². The zero-order valence-electron chi connectivity index (χ0n) is 8.80. The first kappa shape index (κ1) is 13.2. The molecule has 0 rings (SSSR count). The van der Waals surface area contributed by atoms with Gasteiger partial charge in [0.25, 0.3) is 0 Å². The Bertz CT molecular complexity index is 277. The molecule has 0 aromatic heterocycles. The highest BCUT2D eigenvalue weighted by Crippen LogP contribution is 2.02. The number of amides is 2. The van der Waals surface area contributed by atoms with E-state index in [2.05, 4.69) is 5.16 Å². The second kappa shape index (κ2) is 5.84. The molecule has 7 heteroatoms. The Morgan fingerprint density at radius 2 is 2.00 bits per heavy atom. The summed E-state index contributed by atoms with van der Waals surface area (Å²) in [5.41, 5.74) is 10.2. The number of oxime groups is 1. The predicted octanol–water partition coefficient (Wildman–Crippen LogP) is -1.30. The maximum atomic E-state index is 11.7. The lowest BCUT2D eigenvalue weighted by molar-refractivity contribution is -0.136. The molecule has 0 saturated carbocycles. The average Bonchev–Trinajstić information content (AvgIpc) is 2.22. The van der Waals surface area contributed by atoms with Crippen LogP contribution in [-0.4, -0.2) is 40.8 Å². The van der Waals surface area contributed by atoms with Gasteiger partial charge in [0.05, 0.1) is 12.5 Å². The van der Waals surface area contributed by atoms with E-state index in [1.807, 2.05) is 0 Å². The highest BCUT2D eigenvalue weighted by molar-refractivity contribution is 6.02. The number of nitrogens with zero attached hydrogens (tertiary/aromatic N) is 2. The van der Waals surface area contributed by atoms with Gasteiger partial charge in [0.2, 0.25) is 11.8 Å². The number of hydrogen-bond donors (Lipinski definition) is 3. The number of carbonyl (C=O) groups is 2. The van der Waals surface area contributed by atoms with E-state index in [1.165, 1.54) is 11.8 Å². The van der Waals surface area contributed by atoms with Crippen molar-refractivity contribution in [3.05, 3.63) is 0 Å². The molecule has 0 aromatic rings. The van der Waals surface area contributed by atoms with Gasteiger partial charge >= 0.3 is 0 Å². The van der Waals surface area contributed by atoms with E-state index in [1.54, 1.807) is 6.92 Å². The fourth-order valence-electron chi connectivity index (χ4n) is 1.02. The fraction of sp³-hybridized carbons (Fsp3) is 0.625. The van der Waals surface area contributed by atoms with Crippen LogP contribution in [0.3, 0.4) is 0 Å². The van der Waals surface area contributed by atoms with Gasteiger partial charge in [-0.3, -0.25) is 9.59 Å². The lowest BCUT2D eigenvalue weighted by Crippen LogP contribution is -2.44. The minimum Gasteiger partial charge on any atom is -0.409 e. The molecule has 1 unspecified atom stereocenters. The van der Waals surface area contributed by atoms with Crippen molar-refractivity contribution in [2.75, 3.05) is 13.1 Å². The van der Waals surface area contributed by atoms with E-state index in [4.69, 9.17) is 16.7 Å². The van der Waals surface area contributed by atoms with E-state index >= 15 is 0 Å². The van der Waals surface area contributed by atoms with Crippen molar-refractivity contribution >= 4 is 17.6 Å². The number of nitrogens with two attached hydrogens (primary N) is 2. The Hall–Kier alpha value is -1.79. The Morgan fingerprint density at radius 3 is 2.33 bits per heavy atom. The van der Waals surface area contributed by atoms with Gasteiger partial charge in [-0.25, -0.2) is 0 Å². The van der Waals surface area contributed by atoms with Crippen LogP contribution in [0.5, 0.6) is 0 Å².